The van der Waals surface area contributed by atoms with Crippen molar-refractivity contribution in [1.82, 2.24) is 0 Å². The fourth-order valence-electron chi connectivity index (χ4n) is 2.50. The van der Waals surface area contributed by atoms with Gasteiger partial charge in [-0.15, -0.1) is 0 Å². The highest BCUT2D eigenvalue weighted by atomic mass is 32.2. The van der Waals surface area contributed by atoms with E-state index in [0.717, 1.165) is 18.6 Å². The highest BCUT2D eigenvalue weighted by Gasteiger charge is 2.43. The molecule has 0 spiro atoms. The van der Waals surface area contributed by atoms with E-state index in [-0.39, 0.29) is 5.41 Å². The lowest BCUT2D eigenvalue weighted by Crippen LogP contribution is -2.11. The van der Waals surface area contributed by atoms with E-state index in [9.17, 15) is 4.79 Å². The van der Waals surface area contributed by atoms with Crippen molar-refractivity contribution >= 4 is 17.7 Å². The predicted molar refractivity (Wildman–Crippen MR) is 83.9 cm³/mol. The van der Waals surface area contributed by atoms with Crippen LogP contribution in [0.2, 0.25) is 0 Å². The van der Waals surface area contributed by atoms with E-state index in [2.05, 4.69) is 6.92 Å². The summed E-state index contributed by atoms with van der Waals surface area (Å²) >= 11 is 1.97. The summed E-state index contributed by atoms with van der Waals surface area (Å²) in [6.07, 6.45) is 13.6. The van der Waals surface area contributed by atoms with Gasteiger partial charge < -0.3 is 5.11 Å². The molecule has 0 atom stereocenters. The number of hydrogen-bond donors (Lipinski definition) is 1. The van der Waals surface area contributed by atoms with E-state index >= 15 is 0 Å². The molecular formula is C16H30O2S. The molecule has 19 heavy (non-hydrogen) atoms. The Hall–Kier alpha value is -0.180. The van der Waals surface area contributed by atoms with E-state index in [4.69, 9.17) is 5.11 Å². The fourth-order valence-corrected chi connectivity index (χ4v) is 3.87. The molecule has 0 aromatic rings. The Morgan fingerprint density at radius 2 is 1.63 bits per heavy atom. The van der Waals surface area contributed by atoms with Crippen LogP contribution < -0.4 is 0 Å². The summed E-state index contributed by atoms with van der Waals surface area (Å²) in [5.74, 6) is 1.66. The molecule has 2 nitrogen and oxygen atoms in total. The Balaban J connectivity index is 1.83. The monoisotopic (exact) mass is 286 g/mol. The second-order valence-corrected chi connectivity index (χ2v) is 7.20. The minimum Gasteiger partial charge on any atom is -0.481 e. The first-order valence-corrected chi connectivity index (χ1v) is 9.13. The molecule has 0 saturated heterocycles. The van der Waals surface area contributed by atoms with Crippen LogP contribution in [-0.2, 0) is 4.79 Å². The molecule has 3 heteroatoms. The number of hydrogen-bond acceptors (Lipinski definition) is 2. The molecule has 0 unspecified atom stereocenters. The molecule has 1 rings (SSSR count). The quantitative estimate of drug-likeness (QED) is 0.478. The smallest absolute Gasteiger partial charge is 0.303 e. The lowest BCUT2D eigenvalue weighted by Gasteiger charge is -2.11. The Kier molecular flexibility index (Phi) is 8.60. The van der Waals surface area contributed by atoms with Crippen molar-refractivity contribution in [2.24, 2.45) is 5.41 Å². The van der Waals surface area contributed by atoms with E-state index in [0.29, 0.717) is 6.42 Å². The normalized spacial score (nSPS) is 16.5. The average Bonchev–Trinajstić information content (AvgIpc) is 3.11. The molecule has 1 aliphatic rings. The number of carboxylic acid groups (broad SMARTS) is 1. The maximum atomic E-state index is 10.7. The summed E-state index contributed by atoms with van der Waals surface area (Å²) in [7, 11) is 0. The maximum Gasteiger partial charge on any atom is 0.303 e. The summed E-state index contributed by atoms with van der Waals surface area (Å²) in [5, 5.41) is 8.84. The van der Waals surface area contributed by atoms with Gasteiger partial charge in [0.25, 0.3) is 0 Å². The molecule has 0 amide bonds. The fraction of sp³-hybridized carbons (Fsp3) is 0.938. The molecule has 1 fully saturated rings. The average molecular weight is 286 g/mol. The van der Waals surface area contributed by atoms with Crippen LogP contribution in [0.4, 0.5) is 0 Å². The number of unbranched alkanes of at least 4 members (excludes halogenated alkanes) is 7. The molecule has 0 radical (unpaired) electrons. The highest BCUT2D eigenvalue weighted by Crippen LogP contribution is 2.51. The first kappa shape index (κ1) is 16.9. The molecule has 1 N–H and O–H groups in total. The lowest BCUT2D eigenvalue weighted by molar-refractivity contribution is -0.138. The van der Waals surface area contributed by atoms with Gasteiger partial charge in [0.05, 0.1) is 6.42 Å². The highest BCUT2D eigenvalue weighted by molar-refractivity contribution is 7.99. The van der Waals surface area contributed by atoms with Crippen LogP contribution in [0.15, 0.2) is 0 Å². The van der Waals surface area contributed by atoms with Gasteiger partial charge in [-0.25, -0.2) is 0 Å². The first-order chi connectivity index (χ1) is 9.18. The van der Waals surface area contributed by atoms with Crippen molar-refractivity contribution in [3.63, 3.8) is 0 Å². The molecule has 0 aliphatic heterocycles. The van der Waals surface area contributed by atoms with Crippen LogP contribution in [0.3, 0.4) is 0 Å². The maximum absolute atomic E-state index is 10.7. The third-order valence-electron chi connectivity index (χ3n) is 4.03. The number of aliphatic carboxylic acids is 1. The van der Waals surface area contributed by atoms with Crippen LogP contribution in [0.25, 0.3) is 0 Å². The van der Waals surface area contributed by atoms with Gasteiger partial charge in [0.2, 0.25) is 0 Å². The van der Waals surface area contributed by atoms with Gasteiger partial charge in [0, 0.05) is 0 Å². The van der Waals surface area contributed by atoms with Gasteiger partial charge in [0.15, 0.2) is 0 Å². The Morgan fingerprint density at radius 1 is 1.05 bits per heavy atom. The van der Waals surface area contributed by atoms with Crippen LogP contribution in [0, 0.1) is 5.41 Å². The largest absolute Gasteiger partial charge is 0.481 e. The molecule has 1 aliphatic carbocycles. The Bertz CT molecular complexity index is 249. The van der Waals surface area contributed by atoms with Crippen LogP contribution >= 0.6 is 11.8 Å². The number of carbonyl (C=O) groups is 1. The van der Waals surface area contributed by atoms with Gasteiger partial charge in [-0.2, -0.15) is 11.8 Å². The molecule has 1 saturated carbocycles. The van der Waals surface area contributed by atoms with Gasteiger partial charge >= 0.3 is 5.97 Å². The molecule has 0 heterocycles. The molecule has 0 aromatic heterocycles. The van der Waals surface area contributed by atoms with Gasteiger partial charge in [-0.05, 0) is 36.2 Å². The van der Waals surface area contributed by atoms with Crippen LogP contribution in [-0.4, -0.2) is 22.6 Å². The van der Waals surface area contributed by atoms with Crippen molar-refractivity contribution in [3.8, 4) is 0 Å². The molecule has 0 aromatic carbocycles. The van der Waals surface area contributed by atoms with E-state index in [1.165, 1.54) is 57.1 Å². The third-order valence-corrected chi connectivity index (χ3v) is 5.43. The van der Waals surface area contributed by atoms with Crippen molar-refractivity contribution in [3.05, 3.63) is 0 Å². The summed E-state index contributed by atoms with van der Waals surface area (Å²) < 4.78 is 0. The van der Waals surface area contributed by atoms with Crippen molar-refractivity contribution in [2.75, 3.05) is 11.5 Å². The number of thioether (sulfide) groups is 1. The third kappa shape index (κ3) is 8.56. The zero-order valence-electron chi connectivity index (χ0n) is 12.5. The second-order valence-electron chi connectivity index (χ2n) is 6.10. The van der Waals surface area contributed by atoms with Gasteiger partial charge in [-0.1, -0.05) is 51.9 Å². The van der Waals surface area contributed by atoms with E-state index < -0.39 is 5.97 Å². The second kappa shape index (κ2) is 9.68. The Morgan fingerprint density at radius 3 is 2.16 bits per heavy atom. The van der Waals surface area contributed by atoms with E-state index in [1.54, 1.807) is 0 Å². The van der Waals surface area contributed by atoms with Crippen LogP contribution in [0.5, 0.6) is 0 Å². The topological polar surface area (TPSA) is 37.3 Å². The summed E-state index contributed by atoms with van der Waals surface area (Å²) in [4.78, 5) is 10.7. The van der Waals surface area contributed by atoms with Crippen LogP contribution in [0.1, 0.15) is 77.6 Å². The molecular weight excluding hydrogens is 256 g/mol. The Labute approximate surface area is 122 Å². The standard InChI is InChI=1S/C16H30O2S/c1-2-3-4-5-6-7-8-9-12-19-14-16(10-11-16)13-15(17)18/h2-14H2,1H3,(H,17,18). The predicted octanol–water partition coefficient (Wildman–Crippen LogP) is 5.12. The summed E-state index contributed by atoms with van der Waals surface area (Å²) in [6.45, 7) is 2.26. The minimum absolute atomic E-state index is 0.177. The van der Waals surface area contributed by atoms with Gasteiger partial charge in [0.1, 0.15) is 0 Å². The first-order valence-electron chi connectivity index (χ1n) is 7.98. The zero-order valence-corrected chi connectivity index (χ0v) is 13.3. The molecule has 0 bridgehead atoms. The minimum atomic E-state index is -0.620. The summed E-state index contributed by atoms with van der Waals surface area (Å²) in [5.41, 5.74) is 0.177. The van der Waals surface area contributed by atoms with E-state index in [1.807, 2.05) is 11.8 Å². The lowest BCUT2D eigenvalue weighted by atomic mass is 10.1. The number of carboxylic acids is 1. The van der Waals surface area contributed by atoms with Crippen molar-refractivity contribution in [2.45, 2.75) is 77.6 Å². The van der Waals surface area contributed by atoms with Crippen molar-refractivity contribution in [1.29, 1.82) is 0 Å². The molecule has 112 valence electrons. The number of rotatable bonds is 13. The SMILES string of the molecule is CCCCCCCCCCSCC1(CC(=O)O)CC1. The van der Waals surface area contributed by atoms with Crippen molar-refractivity contribution < 1.29 is 9.90 Å². The summed E-state index contributed by atoms with van der Waals surface area (Å²) in [6, 6.07) is 0. The van der Waals surface area contributed by atoms with Gasteiger partial charge in [-0.3, -0.25) is 4.79 Å². The zero-order chi connectivity index (χ0) is 14.0.